The van der Waals surface area contributed by atoms with Gasteiger partial charge in [0.15, 0.2) is 20.9 Å². The fraction of sp³-hybridized carbons (Fsp3) is 0.227. The number of aryl methyl sites for hydroxylation is 1. The molecule has 0 N–H and O–H groups in total. The number of carbonyl (C=O) groups excluding carboxylic acids is 3. The van der Waals surface area contributed by atoms with Crippen molar-refractivity contribution in [1.29, 1.82) is 0 Å². The van der Waals surface area contributed by atoms with E-state index in [1.165, 1.54) is 37.4 Å². The van der Waals surface area contributed by atoms with Gasteiger partial charge in [0.25, 0.3) is 0 Å². The summed E-state index contributed by atoms with van der Waals surface area (Å²) in [5, 5.41) is -1.61. The highest BCUT2D eigenvalue weighted by atomic mass is 32.2. The molecule has 2 aromatic rings. The van der Waals surface area contributed by atoms with Crippen LogP contribution in [0.1, 0.15) is 39.6 Å². The maximum atomic E-state index is 13.4. The molecule has 0 saturated carbocycles. The smallest absolute Gasteiger partial charge is 0.337 e. The number of fused-ring (bicyclic) bond motifs is 1. The molecule has 1 aliphatic heterocycles. The lowest BCUT2D eigenvalue weighted by atomic mass is 9.95. The van der Waals surface area contributed by atoms with Crippen molar-refractivity contribution in [2.75, 3.05) is 12.0 Å². The first-order chi connectivity index (χ1) is 14.3. The highest BCUT2D eigenvalue weighted by molar-refractivity contribution is 7.93. The van der Waals surface area contributed by atoms with Crippen molar-refractivity contribution < 1.29 is 27.5 Å². The number of hydrogen-bond acceptors (Lipinski definition) is 6. The van der Waals surface area contributed by atoms with E-state index in [2.05, 4.69) is 4.74 Å². The molecule has 0 saturated heterocycles. The second kappa shape index (κ2) is 8.23. The van der Waals surface area contributed by atoms with Gasteiger partial charge < -0.3 is 4.74 Å². The van der Waals surface area contributed by atoms with Crippen molar-refractivity contribution in [1.82, 2.24) is 0 Å². The fourth-order valence-corrected chi connectivity index (χ4v) is 5.15. The summed E-state index contributed by atoms with van der Waals surface area (Å²) in [5.41, 5.74) is 1.23. The van der Waals surface area contributed by atoms with Crippen LogP contribution in [0.3, 0.4) is 0 Å². The molecule has 0 aromatic heterocycles. The molecule has 2 aromatic carbocycles. The number of esters is 1. The summed E-state index contributed by atoms with van der Waals surface area (Å²) in [7, 11) is -2.96. The quantitative estimate of drug-likeness (QED) is 0.537. The topological polar surface area (TPSA) is 97.8 Å². The number of carbonyl (C=O) groups is 3. The van der Waals surface area contributed by atoms with Crippen LogP contribution in [0.4, 0.5) is 5.69 Å². The van der Waals surface area contributed by atoms with Crippen molar-refractivity contribution in [3.05, 3.63) is 70.9 Å². The van der Waals surface area contributed by atoms with E-state index in [1.807, 2.05) is 6.92 Å². The standard InChI is InChI=1S/C22H21NO6S/c1-4-5-19-21(30(27,28)16-9-6-14(2)7-10-16)20(25)17-12-15(22(26)29-3)8-11-18(17)23(19)13-24/h5-13,21H,4H2,1-3H3/b19-5+. The molecule has 1 amide bonds. The van der Waals surface area contributed by atoms with Crippen LogP contribution in [0, 0.1) is 6.92 Å². The average molecular weight is 427 g/mol. The number of methoxy groups -OCH3 is 1. The predicted molar refractivity (Wildman–Crippen MR) is 111 cm³/mol. The van der Waals surface area contributed by atoms with E-state index in [-0.39, 0.29) is 27.4 Å². The Labute approximate surface area is 174 Å². The van der Waals surface area contributed by atoms with Crippen molar-refractivity contribution in [2.24, 2.45) is 0 Å². The monoisotopic (exact) mass is 427 g/mol. The highest BCUT2D eigenvalue weighted by Crippen LogP contribution is 2.38. The van der Waals surface area contributed by atoms with Gasteiger partial charge >= 0.3 is 5.97 Å². The molecular formula is C22H21NO6S. The lowest BCUT2D eigenvalue weighted by Crippen LogP contribution is -2.44. The zero-order valence-electron chi connectivity index (χ0n) is 16.8. The Morgan fingerprint density at radius 2 is 1.83 bits per heavy atom. The van der Waals surface area contributed by atoms with Gasteiger partial charge in [-0.25, -0.2) is 13.2 Å². The number of sulfone groups is 1. The summed E-state index contributed by atoms with van der Waals surface area (Å²) < 4.78 is 31.6. The maximum absolute atomic E-state index is 13.4. The molecule has 1 atom stereocenters. The molecule has 3 rings (SSSR count). The number of Topliss-reactive ketones (excluding diaryl/α,β-unsaturated/α-hetero) is 1. The SMILES string of the molecule is CC/C=C1\C(S(=O)(=O)c2ccc(C)cc2)C(=O)c2cc(C(=O)OC)ccc2N1C=O. The Balaban J connectivity index is 2.26. The molecule has 156 valence electrons. The van der Waals surface area contributed by atoms with E-state index in [1.54, 1.807) is 25.1 Å². The van der Waals surface area contributed by atoms with E-state index < -0.39 is 26.8 Å². The van der Waals surface area contributed by atoms with Crippen LogP contribution in [-0.4, -0.2) is 38.9 Å². The predicted octanol–water partition coefficient (Wildman–Crippen LogP) is 3.08. The molecule has 0 fully saturated rings. The molecular weight excluding hydrogens is 406 g/mol. The van der Waals surface area contributed by atoms with E-state index in [0.29, 0.717) is 12.8 Å². The summed E-state index contributed by atoms with van der Waals surface area (Å²) in [4.78, 5) is 38.4. The van der Waals surface area contributed by atoms with Gasteiger partial charge in [0.2, 0.25) is 6.41 Å². The maximum Gasteiger partial charge on any atom is 0.337 e. The minimum Gasteiger partial charge on any atom is -0.465 e. The first kappa shape index (κ1) is 21.4. The lowest BCUT2D eigenvalue weighted by Gasteiger charge is -2.33. The first-order valence-electron chi connectivity index (χ1n) is 9.28. The number of hydrogen-bond donors (Lipinski definition) is 0. The van der Waals surface area contributed by atoms with Crippen LogP contribution in [0.5, 0.6) is 0 Å². The zero-order chi connectivity index (χ0) is 22.1. The number of nitrogens with zero attached hydrogens (tertiary/aromatic N) is 1. The van der Waals surface area contributed by atoms with Gasteiger partial charge in [-0.3, -0.25) is 14.5 Å². The van der Waals surface area contributed by atoms with Crippen molar-refractivity contribution in [2.45, 2.75) is 30.4 Å². The number of rotatable bonds is 5. The minimum atomic E-state index is -4.16. The van der Waals surface area contributed by atoms with Crippen molar-refractivity contribution in [3.8, 4) is 0 Å². The third kappa shape index (κ3) is 3.54. The number of anilines is 1. The van der Waals surface area contributed by atoms with Gasteiger partial charge in [-0.1, -0.05) is 30.7 Å². The normalized spacial score (nSPS) is 17.6. The van der Waals surface area contributed by atoms with E-state index >= 15 is 0 Å². The molecule has 1 aliphatic rings. The van der Waals surface area contributed by atoms with Gasteiger partial charge in [-0.05, 0) is 43.7 Å². The average Bonchev–Trinajstić information content (AvgIpc) is 2.73. The van der Waals surface area contributed by atoms with Crippen molar-refractivity contribution >= 4 is 33.7 Å². The lowest BCUT2D eigenvalue weighted by molar-refractivity contribution is -0.107. The van der Waals surface area contributed by atoms with Gasteiger partial charge in [0.05, 0.1) is 23.3 Å². The van der Waals surface area contributed by atoms with Gasteiger partial charge in [0, 0.05) is 11.3 Å². The number of ether oxygens (including phenoxy) is 1. The van der Waals surface area contributed by atoms with E-state index in [4.69, 9.17) is 0 Å². The number of ketones is 1. The Kier molecular flexibility index (Phi) is 5.89. The molecule has 0 spiro atoms. The van der Waals surface area contributed by atoms with Crippen LogP contribution in [0.15, 0.2) is 59.1 Å². The molecule has 0 radical (unpaired) electrons. The van der Waals surface area contributed by atoms with Gasteiger partial charge in [-0.15, -0.1) is 0 Å². The zero-order valence-corrected chi connectivity index (χ0v) is 17.6. The largest absolute Gasteiger partial charge is 0.465 e. The third-order valence-corrected chi connectivity index (χ3v) is 6.91. The summed E-state index contributed by atoms with van der Waals surface area (Å²) in [6.45, 7) is 3.61. The van der Waals surface area contributed by atoms with Crippen LogP contribution in [0.25, 0.3) is 0 Å². The summed E-state index contributed by atoms with van der Waals surface area (Å²) >= 11 is 0. The van der Waals surface area contributed by atoms with Crippen LogP contribution in [-0.2, 0) is 19.4 Å². The Hall–Kier alpha value is -3.26. The van der Waals surface area contributed by atoms with Gasteiger partial charge in [-0.2, -0.15) is 0 Å². The Bertz CT molecular complexity index is 1150. The summed E-state index contributed by atoms with van der Waals surface area (Å²) in [5.74, 6) is -1.37. The molecule has 1 heterocycles. The van der Waals surface area contributed by atoms with Crippen LogP contribution < -0.4 is 4.90 Å². The molecule has 7 nitrogen and oxygen atoms in total. The number of benzene rings is 2. The minimum absolute atomic E-state index is 0.0214. The Morgan fingerprint density at radius 1 is 1.17 bits per heavy atom. The second-order valence-electron chi connectivity index (χ2n) is 6.84. The van der Waals surface area contributed by atoms with Crippen LogP contribution >= 0.6 is 0 Å². The Morgan fingerprint density at radius 3 is 2.40 bits per heavy atom. The van der Waals surface area contributed by atoms with E-state index in [9.17, 15) is 22.8 Å². The number of allylic oxidation sites excluding steroid dienone is 1. The molecule has 8 heteroatoms. The summed E-state index contributed by atoms with van der Waals surface area (Å²) in [6, 6.07) is 10.3. The fourth-order valence-electron chi connectivity index (χ4n) is 3.43. The molecule has 0 aliphatic carbocycles. The van der Waals surface area contributed by atoms with E-state index in [0.717, 1.165) is 10.5 Å². The molecule has 0 bridgehead atoms. The number of amides is 1. The third-order valence-electron chi connectivity index (χ3n) is 4.91. The van der Waals surface area contributed by atoms with Crippen LogP contribution in [0.2, 0.25) is 0 Å². The van der Waals surface area contributed by atoms with Crippen molar-refractivity contribution in [3.63, 3.8) is 0 Å². The summed E-state index contributed by atoms with van der Waals surface area (Å²) in [6.07, 6.45) is 2.45. The molecule has 30 heavy (non-hydrogen) atoms. The second-order valence-corrected chi connectivity index (χ2v) is 8.87. The van der Waals surface area contributed by atoms with Gasteiger partial charge in [0.1, 0.15) is 0 Å². The highest BCUT2D eigenvalue weighted by Gasteiger charge is 2.45. The molecule has 1 unspecified atom stereocenters. The first-order valence-corrected chi connectivity index (χ1v) is 10.8.